The summed E-state index contributed by atoms with van der Waals surface area (Å²) in [5, 5.41) is 11.9. The van der Waals surface area contributed by atoms with E-state index in [1.165, 1.54) is 24.8 Å². The fourth-order valence-corrected chi connectivity index (χ4v) is 4.42. The van der Waals surface area contributed by atoms with Gasteiger partial charge in [-0.05, 0) is 36.0 Å². The molecule has 1 aromatic carbocycles. The van der Waals surface area contributed by atoms with Gasteiger partial charge >= 0.3 is 0 Å². The highest BCUT2D eigenvalue weighted by molar-refractivity contribution is 5.92. The molecule has 0 bridgehead atoms. The zero-order valence-electron chi connectivity index (χ0n) is 19.2. The van der Waals surface area contributed by atoms with Crippen molar-refractivity contribution in [2.24, 2.45) is 0 Å². The minimum Gasteiger partial charge on any atom is -0.325 e. The van der Waals surface area contributed by atoms with Crippen LogP contribution < -0.4 is 5.32 Å². The van der Waals surface area contributed by atoms with E-state index in [4.69, 9.17) is 0 Å². The Hall–Kier alpha value is -2.25. The molecular formula is C24H36N6O. The molecule has 0 radical (unpaired) electrons. The van der Waals surface area contributed by atoms with E-state index in [0.717, 1.165) is 63.0 Å². The number of amides is 1. The second-order valence-corrected chi connectivity index (χ2v) is 9.92. The molecule has 0 atom stereocenters. The highest BCUT2D eigenvalue weighted by Crippen LogP contribution is 2.23. The minimum absolute atomic E-state index is 0.0553. The summed E-state index contributed by atoms with van der Waals surface area (Å²) in [4.78, 5) is 17.2. The van der Waals surface area contributed by atoms with Crippen molar-refractivity contribution in [3.63, 3.8) is 0 Å². The number of fused-ring (bicyclic) bond motifs is 1. The molecular weight excluding hydrogens is 388 g/mol. The largest absolute Gasteiger partial charge is 0.325 e. The Bertz CT molecular complexity index is 874. The van der Waals surface area contributed by atoms with E-state index in [9.17, 15) is 4.79 Å². The Kier molecular flexibility index (Phi) is 6.72. The SMILES string of the molecule is CC(C)(C)c1ccc(NC(=O)CN2CCN(Cc3nnc4n3CCCCC4)CC2)cc1. The number of aryl methyl sites for hydroxylation is 1. The standard InChI is InChI=1S/C24H36N6O/c1-24(2,3)19-8-10-20(11-9-19)25-23(31)18-29-15-13-28(14-16-29)17-22-27-26-21-7-5-4-6-12-30(21)22/h8-11H,4-7,12-18H2,1-3H3,(H,25,31). The van der Waals surface area contributed by atoms with Crippen LogP contribution in [0.5, 0.6) is 0 Å². The number of anilines is 1. The summed E-state index contributed by atoms with van der Waals surface area (Å²) < 4.78 is 2.33. The summed E-state index contributed by atoms with van der Waals surface area (Å²) in [7, 11) is 0. The molecule has 1 aromatic heterocycles. The zero-order chi connectivity index (χ0) is 21.8. The second-order valence-electron chi connectivity index (χ2n) is 9.92. The van der Waals surface area contributed by atoms with Gasteiger partial charge in [-0.3, -0.25) is 14.6 Å². The van der Waals surface area contributed by atoms with Gasteiger partial charge in [-0.25, -0.2) is 0 Å². The molecule has 0 saturated carbocycles. The first-order valence-corrected chi connectivity index (χ1v) is 11.6. The molecule has 31 heavy (non-hydrogen) atoms. The van der Waals surface area contributed by atoms with E-state index in [1.807, 2.05) is 12.1 Å². The molecule has 7 heteroatoms. The van der Waals surface area contributed by atoms with Gasteiger partial charge in [-0.15, -0.1) is 10.2 Å². The van der Waals surface area contributed by atoms with Crippen LogP contribution in [0.4, 0.5) is 5.69 Å². The van der Waals surface area contributed by atoms with Crippen LogP contribution in [0.3, 0.4) is 0 Å². The molecule has 0 spiro atoms. The molecule has 1 fully saturated rings. The van der Waals surface area contributed by atoms with Crippen LogP contribution in [0.15, 0.2) is 24.3 Å². The van der Waals surface area contributed by atoms with Crippen LogP contribution in [0.2, 0.25) is 0 Å². The summed E-state index contributed by atoms with van der Waals surface area (Å²) >= 11 is 0. The summed E-state index contributed by atoms with van der Waals surface area (Å²) in [5.41, 5.74) is 2.25. The number of benzene rings is 1. The molecule has 4 rings (SSSR count). The van der Waals surface area contributed by atoms with Crippen molar-refractivity contribution in [1.29, 1.82) is 0 Å². The Labute approximate surface area is 185 Å². The number of aromatic nitrogens is 3. The summed E-state index contributed by atoms with van der Waals surface area (Å²) in [5.74, 6) is 2.31. The summed E-state index contributed by atoms with van der Waals surface area (Å²) in [6.07, 6.45) is 4.78. The lowest BCUT2D eigenvalue weighted by Gasteiger charge is -2.34. The zero-order valence-corrected chi connectivity index (χ0v) is 19.2. The highest BCUT2D eigenvalue weighted by atomic mass is 16.2. The number of carbonyl (C=O) groups is 1. The average molecular weight is 425 g/mol. The van der Waals surface area contributed by atoms with E-state index in [-0.39, 0.29) is 11.3 Å². The van der Waals surface area contributed by atoms with Crippen LogP contribution in [-0.4, -0.2) is 63.2 Å². The molecule has 0 aliphatic carbocycles. The number of hydrogen-bond acceptors (Lipinski definition) is 5. The molecule has 168 valence electrons. The first kappa shape index (κ1) is 22.0. The number of nitrogens with zero attached hydrogens (tertiary/aromatic N) is 5. The van der Waals surface area contributed by atoms with Gasteiger partial charge in [0.2, 0.25) is 5.91 Å². The molecule has 2 aliphatic heterocycles. The van der Waals surface area contributed by atoms with Gasteiger partial charge in [-0.1, -0.05) is 39.3 Å². The average Bonchev–Trinajstić information content (AvgIpc) is 2.95. The van der Waals surface area contributed by atoms with Crippen molar-refractivity contribution >= 4 is 11.6 Å². The summed E-state index contributed by atoms with van der Waals surface area (Å²) in [6, 6.07) is 8.19. The Morgan fingerprint density at radius 2 is 1.65 bits per heavy atom. The van der Waals surface area contributed by atoms with Gasteiger partial charge in [0.05, 0.1) is 13.1 Å². The molecule has 1 N–H and O–H groups in total. The van der Waals surface area contributed by atoms with Crippen LogP contribution in [0.1, 0.15) is 57.2 Å². The second kappa shape index (κ2) is 9.49. The van der Waals surface area contributed by atoms with Crippen molar-refractivity contribution in [2.45, 2.75) is 65.0 Å². The third-order valence-corrected chi connectivity index (χ3v) is 6.42. The highest BCUT2D eigenvalue weighted by Gasteiger charge is 2.22. The third kappa shape index (κ3) is 5.71. The Morgan fingerprint density at radius 3 is 2.35 bits per heavy atom. The molecule has 1 amide bonds. The van der Waals surface area contributed by atoms with Crippen LogP contribution in [-0.2, 0) is 29.7 Å². The lowest BCUT2D eigenvalue weighted by atomic mass is 9.87. The first-order valence-electron chi connectivity index (χ1n) is 11.6. The van der Waals surface area contributed by atoms with Gasteiger partial charge < -0.3 is 9.88 Å². The first-order chi connectivity index (χ1) is 14.9. The quantitative estimate of drug-likeness (QED) is 0.799. The number of rotatable bonds is 5. The minimum atomic E-state index is 0.0553. The summed E-state index contributed by atoms with van der Waals surface area (Å²) in [6.45, 7) is 12.6. The number of carbonyl (C=O) groups excluding carboxylic acids is 1. The normalized spacial score (nSPS) is 18.4. The van der Waals surface area contributed by atoms with Crippen molar-refractivity contribution in [3.8, 4) is 0 Å². The monoisotopic (exact) mass is 424 g/mol. The topological polar surface area (TPSA) is 66.3 Å². The van der Waals surface area contributed by atoms with E-state index >= 15 is 0 Å². The lowest BCUT2D eigenvalue weighted by Crippen LogP contribution is -2.48. The lowest BCUT2D eigenvalue weighted by molar-refractivity contribution is -0.117. The van der Waals surface area contributed by atoms with Gasteiger partial charge in [0, 0.05) is 44.8 Å². The smallest absolute Gasteiger partial charge is 0.238 e. The number of hydrogen-bond donors (Lipinski definition) is 1. The van der Waals surface area contributed by atoms with Crippen molar-refractivity contribution in [3.05, 3.63) is 41.5 Å². The maximum atomic E-state index is 12.5. The van der Waals surface area contributed by atoms with Gasteiger partial charge in [0.15, 0.2) is 0 Å². The Morgan fingerprint density at radius 1 is 0.935 bits per heavy atom. The van der Waals surface area contributed by atoms with E-state index in [1.54, 1.807) is 0 Å². The Balaban J connectivity index is 1.23. The molecule has 0 unspecified atom stereocenters. The predicted octanol–water partition coefficient (Wildman–Crippen LogP) is 3.06. The molecule has 7 nitrogen and oxygen atoms in total. The predicted molar refractivity (Wildman–Crippen MR) is 123 cm³/mol. The van der Waals surface area contributed by atoms with E-state index in [0.29, 0.717) is 6.54 Å². The molecule has 2 aliphatic rings. The van der Waals surface area contributed by atoms with E-state index < -0.39 is 0 Å². The fraction of sp³-hybridized carbons (Fsp3) is 0.625. The van der Waals surface area contributed by atoms with Crippen molar-refractivity contribution < 1.29 is 4.79 Å². The van der Waals surface area contributed by atoms with Crippen LogP contribution in [0.25, 0.3) is 0 Å². The maximum absolute atomic E-state index is 12.5. The third-order valence-electron chi connectivity index (χ3n) is 6.42. The fourth-order valence-electron chi connectivity index (χ4n) is 4.42. The molecule has 2 aromatic rings. The maximum Gasteiger partial charge on any atom is 0.238 e. The van der Waals surface area contributed by atoms with Crippen LogP contribution in [0, 0.1) is 0 Å². The van der Waals surface area contributed by atoms with Gasteiger partial charge in [0.1, 0.15) is 11.6 Å². The number of piperazine rings is 1. The van der Waals surface area contributed by atoms with Crippen LogP contribution >= 0.6 is 0 Å². The van der Waals surface area contributed by atoms with Gasteiger partial charge in [0.25, 0.3) is 0 Å². The molecule has 1 saturated heterocycles. The van der Waals surface area contributed by atoms with Crippen molar-refractivity contribution in [1.82, 2.24) is 24.6 Å². The number of nitrogens with one attached hydrogen (secondary N) is 1. The van der Waals surface area contributed by atoms with Crippen molar-refractivity contribution in [2.75, 3.05) is 38.0 Å². The van der Waals surface area contributed by atoms with E-state index in [2.05, 4.69) is 62.8 Å². The van der Waals surface area contributed by atoms with Gasteiger partial charge in [-0.2, -0.15) is 0 Å². The molecule has 3 heterocycles.